The van der Waals surface area contributed by atoms with Gasteiger partial charge in [0.05, 0.1) is 5.39 Å². The molecule has 0 aliphatic rings. The minimum Gasteiger partial charge on any atom is -0.383 e. The van der Waals surface area contributed by atoms with Gasteiger partial charge in [-0.15, -0.1) is 0 Å². The van der Waals surface area contributed by atoms with Gasteiger partial charge in [0.25, 0.3) is 0 Å². The maximum absolute atomic E-state index is 5.86. The summed E-state index contributed by atoms with van der Waals surface area (Å²) < 4.78 is 8.71. The Bertz CT molecular complexity index is 543. The van der Waals surface area contributed by atoms with Crippen LogP contribution in [0.25, 0.3) is 11.0 Å². The van der Waals surface area contributed by atoms with Crippen LogP contribution in [0.5, 0.6) is 0 Å². The lowest BCUT2D eigenvalue weighted by Crippen LogP contribution is -2.08. The number of ether oxygens (including phenoxy) is 1. The summed E-state index contributed by atoms with van der Waals surface area (Å²) in [5.74, 6) is 0.524. The van der Waals surface area contributed by atoms with E-state index < -0.39 is 0 Å². The highest BCUT2D eigenvalue weighted by molar-refractivity contribution is 14.1. The molecule has 0 atom stereocenters. The first-order chi connectivity index (χ1) is 8.59. The molecule has 0 aliphatic carbocycles. The van der Waals surface area contributed by atoms with Gasteiger partial charge in [-0.3, -0.25) is 0 Å². The summed E-state index contributed by atoms with van der Waals surface area (Å²) >= 11 is 2.24. The highest BCUT2D eigenvalue weighted by atomic mass is 127. The minimum absolute atomic E-state index is 0.213. The number of hydrogen-bond donors (Lipinski definition) is 1. The molecule has 0 fully saturated rings. The third-order valence-corrected chi connectivity index (χ3v) is 4.64. The molecule has 2 rings (SSSR count). The van der Waals surface area contributed by atoms with E-state index in [0.29, 0.717) is 12.5 Å². The predicted octanol–water partition coefficient (Wildman–Crippen LogP) is 2.35. The fraction of sp³-hybridized carbons (Fsp3) is 0.455. The molecular weight excluding hydrogens is 359 g/mol. The Morgan fingerprint density at radius 1 is 1.44 bits per heavy atom. The zero-order valence-corrected chi connectivity index (χ0v) is 13.6. The van der Waals surface area contributed by atoms with Crippen LogP contribution >= 0.6 is 22.6 Å². The maximum atomic E-state index is 5.86. The number of rotatable bonds is 5. The van der Waals surface area contributed by atoms with Crippen molar-refractivity contribution < 1.29 is 4.74 Å². The Kier molecular flexibility index (Phi) is 4.57. The fourth-order valence-corrected chi connectivity index (χ4v) is 3.04. The molecule has 97 valence electrons. The number of nitrogens with zero attached hydrogens (tertiary/aromatic N) is 3. The van der Waals surface area contributed by atoms with E-state index in [-0.39, 0.29) is 8.80 Å². The van der Waals surface area contributed by atoms with Crippen molar-refractivity contribution in [2.24, 2.45) is 0 Å². The molecule has 7 heteroatoms. The first-order valence-corrected chi connectivity index (χ1v) is 9.49. The van der Waals surface area contributed by atoms with E-state index in [2.05, 4.69) is 45.7 Å². The number of fused-ring (bicyclic) bond motifs is 1. The number of hydrogen-bond acceptors (Lipinski definition) is 4. The van der Waals surface area contributed by atoms with E-state index in [1.807, 2.05) is 10.8 Å². The molecule has 2 aromatic rings. The number of aromatic nitrogens is 3. The molecule has 2 N–H and O–H groups in total. The molecular formula is C11H16IN4OSi. The van der Waals surface area contributed by atoms with Crippen LogP contribution in [0, 0.1) is 3.57 Å². The van der Waals surface area contributed by atoms with Gasteiger partial charge < -0.3 is 15.0 Å². The molecule has 1 radical (unpaired) electrons. The number of halogens is 1. The second-order valence-corrected chi connectivity index (χ2v) is 8.48. The van der Waals surface area contributed by atoms with Crippen molar-refractivity contribution in [2.75, 3.05) is 12.3 Å². The first kappa shape index (κ1) is 13.8. The summed E-state index contributed by atoms with van der Waals surface area (Å²) in [6.07, 6.45) is 3.49. The zero-order valence-electron chi connectivity index (χ0n) is 10.5. The summed E-state index contributed by atoms with van der Waals surface area (Å²) in [6, 6.07) is 1.16. The smallest absolute Gasteiger partial charge is 0.148 e. The summed E-state index contributed by atoms with van der Waals surface area (Å²) in [5, 5.41) is 0.914. The summed E-state index contributed by atoms with van der Waals surface area (Å²) in [7, 11) is -0.213. The van der Waals surface area contributed by atoms with Crippen LogP contribution in [0.1, 0.15) is 0 Å². The maximum Gasteiger partial charge on any atom is 0.148 e. The summed E-state index contributed by atoms with van der Waals surface area (Å²) in [6.45, 7) is 5.90. The third kappa shape index (κ3) is 3.01. The van der Waals surface area contributed by atoms with E-state index in [0.717, 1.165) is 27.3 Å². The van der Waals surface area contributed by atoms with Crippen LogP contribution in [0.3, 0.4) is 0 Å². The van der Waals surface area contributed by atoms with Crippen LogP contribution < -0.4 is 5.73 Å². The fourth-order valence-electron chi connectivity index (χ4n) is 1.64. The highest BCUT2D eigenvalue weighted by Gasteiger charge is 2.11. The molecule has 0 saturated carbocycles. The number of nitrogen functional groups attached to an aromatic ring is 1. The standard InChI is InChI=1S/C11H16IN4OSi/c1-18(2)4-3-17-7-16-5-8(12)9-10(13)14-6-15-11(9)16/h5-6H,3-4,7H2,1-2H3,(H2,13,14,15). The van der Waals surface area contributed by atoms with Crippen LogP contribution in [-0.2, 0) is 11.5 Å². The van der Waals surface area contributed by atoms with Gasteiger partial charge in [0, 0.05) is 25.2 Å². The topological polar surface area (TPSA) is 66.0 Å². The van der Waals surface area contributed by atoms with Crippen LogP contribution in [0.15, 0.2) is 12.5 Å². The molecule has 5 nitrogen and oxygen atoms in total. The van der Waals surface area contributed by atoms with Crippen molar-refractivity contribution in [3.05, 3.63) is 16.1 Å². The Balaban J connectivity index is 2.12. The summed E-state index contributed by atoms with van der Waals surface area (Å²) in [4.78, 5) is 8.28. The number of nitrogens with two attached hydrogens (primary N) is 1. The van der Waals surface area contributed by atoms with Gasteiger partial charge in [-0.25, -0.2) is 9.97 Å². The molecule has 2 heterocycles. The Morgan fingerprint density at radius 2 is 2.22 bits per heavy atom. The van der Waals surface area contributed by atoms with Crippen molar-refractivity contribution in [2.45, 2.75) is 25.9 Å². The van der Waals surface area contributed by atoms with Gasteiger partial charge in [0.15, 0.2) is 0 Å². The Hall–Kier alpha value is -0.673. The average molecular weight is 375 g/mol. The molecule has 2 aromatic heterocycles. The predicted molar refractivity (Wildman–Crippen MR) is 82.9 cm³/mol. The Morgan fingerprint density at radius 3 is 2.94 bits per heavy atom. The molecule has 0 aliphatic heterocycles. The second kappa shape index (κ2) is 5.98. The largest absolute Gasteiger partial charge is 0.383 e. The molecule has 0 amide bonds. The minimum atomic E-state index is -0.213. The molecule has 0 aromatic carbocycles. The molecule has 0 saturated heterocycles. The van der Waals surface area contributed by atoms with Crippen LogP contribution in [0.4, 0.5) is 5.82 Å². The van der Waals surface area contributed by atoms with E-state index >= 15 is 0 Å². The lowest BCUT2D eigenvalue weighted by molar-refractivity contribution is 0.0901. The quantitative estimate of drug-likeness (QED) is 0.495. The molecule has 0 spiro atoms. The van der Waals surface area contributed by atoms with E-state index in [9.17, 15) is 0 Å². The van der Waals surface area contributed by atoms with Gasteiger partial charge in [0.1, 0.15) is 24.5 Å². The number of anilines is 1. The van der Waals surface area contributed by atoms with Gasteiger partial charge in [-0.05, 0) is 28.6 Å². The second-order valence-electron chi connectivity index (χ2n) is 4.40. The molecule has 0 unspecified atom stereocenters. The van der Waals surface area contributed by atoms with Gasteiger partial charge in [0.2, 0.25) is 0 Å². The van der Waals surface area contributed by atoms with E-state index in [1.54, 1.807) is 0 Å². The molecule has 0 bridgehead atoms. The van der Waals surface area contributed by atoms with Crippen LogP contribution in [-0.4, -0.2) is 29.9 Å². The lowest BCUT2D eigenvalue weighted by atomic mass is 10.4. The van der Waals surface area contributed by atoms with Crippen molar-refractivity contribution in [3.8, 4) is 0 Å². The van der Waals surface area contributed by atoms with Crippen molar-refractivity contribution in [1.29, 1.82) is 0 Å². The van der Waals surface area contributed by atoms with E-state index in [1.165, 1.54) is 6.33 Å². The van der Waals surface area contributed by atoms with Crippen molar-refractivity contribution in [3.63, 3.8) is 0 Å². The van der Waals surface area contributed by atoms with Gasteiger partial charge in [-0.1, -0.05) is 13.1 Å². The average Bonchev–Trinajstić information content (AvgIpc) is 2.63. The SMILES string of the molecule is C[Si](C)CCOCn1cc(I)c2c(N)ncnc21. The zero-order chi connectivity index (χ0) is 13.1. The van der Waals surface area contributed by atoms with Crippen molar-refractivity contribution >= 4 is 48.2 Å². The first-order valence-electron chi connectivity index (χ1n) is 5.71. The Labute approximate surface area is 121 Å². The summed E-state index contributed by atoms with van der Waals surface area (Å²) in [5.41, 5.74) is 6.70. The normalized spacial score (nSPS) is 11.6. The van der Waals surface area contributed by atoms with Crippen molar-refractivity contribution in [1.82, 2.24) is 14.5 Å². The van der Waals surface area contributed by atoms with E-state index in [4.69, 9.17) is 10.5 Å². The lowest BCUT2D eigenvalue weighted by Gasteiger charge is -2.07. The third-order valence-electron chi connectivity index (χ3n) is 2.61. The monoisotopic (exact) mass is 375 g/mol. The highest BCUT2D eigenvalue weighted by Crippen LogP contribution is 2.24. The van der Waals surface area contributed by atoms with Gasteiger partial charge >= 0.3 is 0 Å². The van der Waals surface area contributed by atoms with Crippen LogP contribution in [0.2, 0.25) is 19.1 Å². The van der Waals surface area contributed by atoms with Gasteiger partial charge in [-0.2, -0.15) is 0 Å². The molecule has 18 heavy (non-hydrogen) atoms.